The number of ether oxygens (including phenoxy) is 2. The molecule has 0 unspecified atom stereocenters. The minimum atomic E-state index is -0.739. The largest absolute Gasteiger partial charge is 0.488 e. The van der Waals surface area contributed by atoms with Crippen LogP contribution < -0.4 is 10.3 Å². The molecule has 30 heavy (non-hydrogen) atoms. The quantitative estimate of drug-likeness (QED) is 0.485. The predicted molar refractivity (Wildman–Crippen MR) is 113 cm³/mol. The van der Waals surface area contributed by atoms with Gasteiger partial charge in [0.15, 0.2) is 11.9 Å². The Kier molecular flexibility index (Phi) is 5.57. The molecule has 1 aromatic heterocycles. The van der Waals surface area contributed by atoms with E-state index in [4.69, 9.17) is 9.47 Å². The molecule has 6 heteroatoms. The van der Waals surface area contributed by atoms with Crippen LogP contribution in [0.4, 0.5) is 0 Å². The third-order valence-electron chi connectivity index (χ3n) is 4.64. The monoisotopic (exact) mass is 400 g/mol. The number of rotatable bonds is 6. The molecule has 1 N–H and O–H groups in total. The van der Waals surface area contributed by atoms with Gasteiger partial charge in [0.05, 0.1) is 10.9 Å². The number of hydrogen-bond acceptors (Lipinski definition) is 5. The van der Waals surface area contributed by atoms with Gasteiger partial charge >= 0.3 is 5.97 Å². The standard InChI is InChI=1S/C24H20N2O4/c1-16(22-25-20-13-7-5-11-18(20)23(27)26-22)30-24(28)19-12-6-8-14-21(19)29-15-17-9-3-2-4-10-17/h2-14,16H,15H2,1H3,(H,25,26,27)/t16-/m0/s1. The fraction of sp³-hybridized carbons (Fsp3) is 0.125. The van der Waals surface area contributed by atoms with Crippen LogP contribution in [0.25, 0.3) is 10.9 Å². The van der Waals surface area contributed by atoms with Crippen LogP contribution in [-0.2, 0) is 11.3 Å². The molecular formula is C24H20N2O4. The molecular weight excluding hydrogens is 380 g/mol. The van der Waals surface area contributed by atoms with E-state index in [2.05, 4.69) is 9.97 Å². The van der Waals surface area contributed by atoms with Gasteiger partial charge in [-0.25, -0.2) is 9.78 Å². The molecule has 0 aliphatic rings. The van der Waals surface area contributed by atoms with E-state index in [1.807, 2.05) is 30.3 Å². The van der Waals surface area contributed by atoms with Crippen molar-refractivity contribution in [1.82, 2.24) is 9.97 Å². The van der Waals surface area contributed by atoms with Gasteiger partial charge in [0, 0.05) is 0 Å². The summed E-state index contributed by atoms with van der Waals surface area (Å²) in [5.41, 5.74) is 1.58. The topological polar surface area (TPSA) is 81.3 Å². The summed E-state index contributed by atoms with van der Waals surface area (Å²) in [7, 11) is 0. The van der Waals surface area contributed by atoms with Crippen molar-refractivity contribution in [3.8, 4) is 5.75 Å². The average molecular weight is 400 g/mol. The Labute approximate surface area is 173 Å². The molecule has 1 atom stereocenters. The number of benzene rings is 3. The number of carbonyl (C=O) groups is 1. The Bertz CT molecular complexity index is 1230. The first-order valence-corrected chi connectivity index (χ1v) is 9.57. The van der Waals surface area contributed by atoms with Crippen LogP contribution in [-0.4, -0.2) is 15.9 Å². The Morgan fingerprint density at radius 3 is 2.50 bits per heavy atom. The van der Waals surface area contributed by atoms with Crippen molar-refractivity contribution in [3.05, 3.63) is 106 Å². The van der Waals surface area contributed by atoms with Gasteiger partial charge in [-0.15, -0.1) is 0 Å². The van der Waals surface area contributed by atoms with E-state index in [-0.39, 0.29) is 11.4 Å². The molecule has 150 valence electrons. The lowest BCUT2D eigenvalue weighted by Crippen LogP contribution is -2.17. The van der Waals surface area contributed by atoms with Gasteiger partial charge in [-0.1, -0.05) is 54.6 Å². The maximum absolute atomic E-state index is 12.8. The minimum absolute atomic E-state index is 0.273. The van der Waals surface area contributed by atoms with Gasteiger partial charge in [0.25, 0.3) is 5.56 Å². The summed E-state index contributed by atoms with van der Waals surface area (Å²) in [4.78, 5) is 32.2. The second-order valence-corrected chi connectivity index (χ2v) is 6.79. The van der Waals surface area contributed by atoms with Crippen molar-refractivity contribution in [1.29, 1.82) is 0 Å². The van der Waals surface area contributed by atoms with Crippen LogP contribution >= 0.6 is 0 Å². The summed E-state index contributed by atoms with van der Waals surface area (Å²) in [6.45, 7) is 2.00. The van der Waals surface area contributed by atoms with E-state index >= 15 is 0 Å². The number of aromatic amines is 1. The molecule has 1 heterocycles. The maximum Gasteiger partial charge on any atom is 0.342 e. The van der Waals surface area contributed by atoms with E-state index in [9.17, 15) is 9.59 Å². The van der Waals surface area contributed by atoms with E-state index in [0.717, 1.165) is 5.56 Å². The number of aromatic nitrogens is 2. The van der Waals surface area contributed by atoms with Gasteiger partial charge in [-0.3, -0.25) is 4.79 Å². The van der Waals surface area contributed by atoms with Crippen molar-refractivity contribution in [2.75, 3.05) is 0 Å². The highest BCUT2D eigenvalue weighted by atomic mass is 16.5. The lowest BCUT2D eigenvalue weighted by atomic mass is 10.2. The van der Waals surface area contributed by atoms with Gasteiger partial charge in [0.1, 0.15) is 17.9 Å². The zero-order valence-electron chi connectivity index (χ0n) is 16.4. The molecule has 0 fully saturated rings. The fourth-order valence-electron chi connectivity index (χ4n) is 3.07. The van der Waals surface area contributed by atoms with Gasteiger partial charge in [-0.05, 0) is 36.8 Å². The molecule has 0 bridgehead atoms. The van der Waals surface area contributed by atoms with E-state index in [1.165, 1.54) is 0 Å². The van der Waals surface area contributed by atoms with Crippen molar-refractivity contribution < 1.29 is 14.3 Å². The molecule has 0 aliphatic heterocycles. The molecule has 0 amide bonds. The van der Waals surface area contributed by atoms with Gasteiger partial charge < -0.3 is 14.5 Å². The van der Waals surface area contributed by atoms with E-state index < -0.39 is 12.1 Å². The van der Waals surface area contributed by atoms with Crippen LogP contribution in [0.1, 0.15) is 34.8 Å². The van der Waals surface area contributed by atoms with Gasteiger partial charge in [-0.2, -0.15) is 0 Å². The first-order valence-electron chi connectivity index (χ1n) is 9.57. The molecule has 4 aromatic rings. The number of esters is 1. The summed E-state index contributed by atoms with van der Waals surface area (Å²) in [6, 6.07) is 23.6. The number of nitrogens with zero attached hydrogens (tertiary/aromatic N) is 1. The van der Waals surface area contributed by atoms with Crippen LogP contribution in [0.15, 0.2) is 83.7 Å². The number of nitrogens with one attached hydrogen (secondary N) is 1. The number of fused-ring (bicyclic) bond motifs is 1. The van der Waals surface area contributed by atoms with Crippen molar-refractivity contribution in [2.24, 2.45) is 0 Å². The zero-order chi connectivity index (χ0) is 20.9. The highest BCUT2D eigenvalue weighted by molar-refractivity contribution is 5.92. The number of hydrogen-bond donors (Lipinski definition) is 1. The van der Waals surface area contributed by atoms with E-state index in [0.29, 0.717) is 28.8 Å². The van der Waals surface area contributed by atoms with Crippen LogP contribution in [0.3, 0.4) is 0 Å². The lowest BCUT2D eigenvalue weighted by Gasteiger charge is -2.15. The summed E-state index contributed by atoms with van der Waals surface area (Å²) in [6.07, 6.45) is -0.739. The van der Waals surface area contributed by atoms with Crippen LogP contribution in [0, 0.1) is 0 Å². The van der Waals surface area contributed by atoms with Crippen LogP contribution in [0.5, 0.6) is 5.75 Å². The van der Waals surface area contributed by atoms with Crippen molar-refractivity contribution in [2.45, 2.75) is 19.6 Å². The molecule has 6 nitrogen and oxygen atoms in total. The average Bonchev–Trinajstić information content (AvgIpc) is 2.78. The second kappa shape index (κ2) is 8.61. The SMILES string of the molecule is C[C@H](OC(=O)c1ccccc1OCc1ccccc1)c1nc2ccccc2c(=O)[nH]1. The molecule has 0 saturated heterocycles. The molecule has 0 saturated carbocycles. The molecule has 4 rings (SSSR count). The summed E-state index contributed by atoms with van der Waals surface area (Å²) in [5.74, 6) is 0.162. The second-order valence-electron chi connectivity index (χ2n) is 6.79. The number of carbonyl (C=O) groups excluding carboxylic acids is 1. The molecule has 0 aliphatic carbocycles. The lowest BCUT2D eigenvalue weighted by molar-refractivity contribution is 0.0315. The molecule has 0 spiro atoms. The van der Waals surface area contributed by atoms with Gasteiger partial charge in [0.2, 0.25) is 0 Å². The number of para-hydroxylation sites is 2. The first-order chi connectivity index (χ1) is 14.6. The summed E-state index contributed by atoms with van der Waals surface area (Å²) < 4.78 is 11.4. The minimum Gasteiger partial charge on any atom is -0.488 e. The Morgan fingerprint density at radius 1 is 0.967 bits per heavy atom. The summed E-state index contributed by atoms with van der Waals surface area (Å²) in [5, 5.41) is 0.486. The zero-order valence-corrected chi connectivity index (χ0v) is 16.4. The third-order valence-corrected chi connectivity index (χ3v) is 4.64. The predicted octanol–water partition coefficient (Wildman–Crippen LogP) is 4.42. The Balaban J connectivity index is 1.52. The fourth-order valence-corrected chi connectivity index (χ4v) is 3.07. The Morgan fingerprint density at radius 2 is 1.67 bits per heavy atom. The smallest absolute Gasteiger partial charge is 0.342 e. The first kappa shape index (κ1) is 19.4. The number of H-pyrrole nitrogens is 1. The molecule has 3 aromatic carbocycles. The summed E-state index contributed by atoms with van der Waals surface area (Å²) >= 11 is 0. The Hall–Kier alpha value is -3.93. The molecule has 0 radical (unpaired) electrons. The highest BCUT2D eigenvalue weighted by Crippen LogP contribution is 2.23. The maximum atomic E-state index is 12.8. The van der Waals surface area contributed by atoms with Crippen molar-refractivity contribution >= 4 is 16.9 Å². The van der Waals surface area contributed by atoms with Crippen LogP contribution in [0.2, 0.25) is 0 Å². The third kappa shape index (κ3) is 4.22. The van der Waals surface area contributed by atoms with E-state index in [1.54, 1.807) is 55.5 Å². The highest BCUT2D eigenvalue weighted by Gasteiger charge is 2.20. The normalized spacial score (nSPS) is 11.8. The van der Waals surface area contributed by atoms with Crippen molar-refractivity contribution in [3.63, 3.8) is 0 Å².